The molecule has 27 heavy (non-hydrogen) atoms. The monoisotopic (exact) mass is 366 g/mol. The van der Waals surface area contributed by atoms with Crippen molar-refractivity contribution in [2.45, 2.75) is 72.1 Å². The number of aryl methyl sites for hydroxylation is 2. The summed E-state index contributed by atoms with van der Waals surface area (Å²) in [4.78, 5) is 0. The molecule has 4 heteroatoms. The highest BCUT2D eigenvalue weighted by Gasteiger charge is 2.19. The molecule has 0 bridgehead atoms. The molecule has 0 aliphatic heterocycles. The van der Waals surface area contributed by atoms with E-state index in [1.807, 2.05) is 0 Å². The number of imidazole rings is 2. The van der Waals surface area contributed by atoms with Crippen molar-refractivity contribution in [3.8, 4) is 0 Å². The van der Waals surface area contributed by atoms with Gasteiger partial charge in [0.2, 0.25) is 12.7 Å². The molecule has 0 amide bonds. The van der Waals surface area contributed by atoms with Crippen LogP contribution < -0.4 is 9.13 Å². The van der Waals surface area contributed by atoms with Crippen LogP contribution in [0.15, 0.2) is 61.7 Å². The van der Waals surface area contributed by atoms with Crippen LogP contribution in [0.25, 0.3) is 0 Å². The Hall–Kier alpha value is -2.36. The van der Waals surface area contributed by atoms with Gasteiger partial charge < -0.3 is 0 Å². The van der Waals surface area contributed by atoms with Crippen LogP contribution in [-0.2, 0) is 19.6 Å². The summed E-state index contributed by atoms with van der Waals surface area (Å²) < 4.78 is 9.06. The van der Waals surface area contributed by atoms with Crippen molar-refractivity contribution in [1.82, 2.24) is 9.13 Å². The maximum absolute atomic E-state index is 2.38. The minimum atomic E-state index is 0.551. The SMILES string of the molecule is CCC(CC(C)c1ccc(C[n+]2ccn(CC)c2)cc1)n1cc[n+](CC)c1. The standard InChI is InChI=1S/C23H34N4/c1-5-23(27-15-14-25(7-3)19-27)16-20(4)22-10-8-21(9-11-22)17-26-13-12-24(6-2)18-26/h8-15,18-20,23H,5-7,16-17H2,1-4H3/q+2. The van der Waals surface area contributed by atoms with Crippen molar-refractivity contribution in [2.75, 3.05) is 0 Å². The van der Waals surface area contributed by atoms with E-state index in [1.54, 1.807) is 0 Å². The largest absolute Gasteiger partial charge is 0.244 e. The number of benzene rings is 1. The van der Waals surface area contributed by atoms with Crippen molar-refractivity contribution in [3.63, 3.8) is 0 Å². The van der Waals surface area contributed by atoms with E-state index in [4.69, 9.17) is 0 Å². The molecule has 3 rings (SSSR count). The van der Waals surface area contributed by atoms with Crippen LogP contribution in [0.4, 0.5) is 0 Å². The van der Waals surface area contributed by atoms with Gasteiger partial charge in [0.05, 0.1) is 13.1 Å². The predicted octanol–water partition coefficient (Wildman–Crippen LogP) is 4.10. The van der Waals surface area contributed by atoms with E-state index in [-0.39, 0.29) is 0 Å². The fourth-order valence-electron chi connectivity index (χ4n) is 3.74. The Balaban J connectivity index is 1.62. The van der Waals surface area contributed by atoms with Crippen molar-refractivity contribution in [2.24, 2.45) is 0 Å². The second-order valence-corrected chi connectivity index (χ2v) is 7.55. The van der Waals surface area contributed by atoms with E-state index in [1.165, 1.54) is 17.5 Å². The van der Waals surface area contributed by atoms with Crippen LogP contribution in [0.1, 0.15) is 63.6 Å². The van der Waals surface area contributed by atoms with E-state index in [2.05, 4.69) is 108 Å². The van der Waals surface area contributed by atoms with Crippen molar-refractivity contribution in [1.29, 1.82) is 0 Å². The van der Waals surface area contributed by atoms with Gasteiger partial charge in [0.25, 0.3) is 0 Å². The lowest BCUT2D eigenvalue weighted by molar-refractivity contribution is -0.693. The van der Waals surface area contributed by atoms with Crippen molar-refractivity contribution < 1.29 is 9.13 Å². The number of aromatic nitrogens is 4. The van der Waals surface area contributed by atoms with E-state index in [9.17, 15) is 0 Å². The van der Waals surface area contributed by atoms with E-state index < -0.39 is 0 Å². The highest BCUT2D eigenvalue weighted by Crippen LogP contribution is 2.28. The minimum absolute atomic E-state index is 0.551. The second kappa shape index (κ2) is 9.03. The summed E-state index contributed by atoms with van der Waals surface area (Å²) in [5.41, 5.74) is 2.79. The van der Waals surface area contributed by atoms with Gasteiger partial charge in [0.15, 0.2) is 0 Å². The fraction of sp³-hybridized carbons (Fsp3) is 0.478. The normalized spacial score (nSPS) is 13.6. The minimum Gasteiger partial charge on any atom is -0.237 e. The van der Waals surface area contributed by atoms with Gasteiger partial charge in [-0.2, -0.15) is 0 Å². The number of nitrogens with zero attached hydrogens (tertiary/aromatic N) is 4. The third-order valence-corrected chi connectivity index (χ3v) is 5.62. The summed E-state index contributed by atoms with van der Waals surface area (Å²) in [7, 11) is 0. The van der Waals surface area contributed by atoms with Crippen LogP contribution in [-0.4, -0.2) is 9.13 Å². The Kier molecular flexibility index (Phi) is 6.49. The Morgan fingerprint density at radius 2 is 1.67 bits per heavy atom. The first kappa shape index (κ1) is 19.4. The van der Waals surface area contributed by atoms with Gasteiger partial charge in [-0.3, -0.25) is 0 Å². The Bertz CT molecular complexity index is 828. The molecule has 2 atom stereocenters. The molecule has 3 aromatic rings. The topological polar surface area (TPSA) is 17.6 Å². The maximum Gasteiger partial charge on any atom is 0.244 e. The summed E-state index contributed by atoms with van der Waals surface area (Å²) >= 11 is 0. The van der Waals surface area contributed by atoms with Crippen molar-refractivity contribution >= 4 is 0 Å². The maximum atomic E-state index is 2.38. The van der Waals surface area contributed by atoms with Crippen LogP contribution in [0.2, 0.25) is 0 Å². The third-order valence-electron chi connectivity index (χ3n) is 5.62. The van der Waals surface area contributed by atoms with E-state index in [0.717, 1.165) is 26.1 Å². The summed E-state index contributed by atoms with van der Waals surface area (Å²) in [6.07, 6.45) is 15.4. The molecule has 0 saturated heterocycles. The molecule has 0 N–H and O–H groups in total. The quantitative estimate of drug-likeness (QED) is 0.508. The first-order chi connectivity index (χ1) is 13.1. The molecule has 2 unspecified atom stereocenters. The zero-order valence-electron chi connectivity index (χ0n) is 17.3. The van der Waals surface area contributed by atoms with E-state index in [0.29, 0.717) is 12.0 Å². The number of rotatable bonds is 9. The van der Waals surface area contributed by atoms with Crippen LogP contribution >= 0.6 is 0 Å². The van der Waals surface area contributed by atoms with Crippen LogP contribution in [0.3, 0.4) is 0 Å². The van der Waals surface area contributed by atoms with Gasteiger partial charge >= 0.3 is 0 Å². The predicted molar refractivity (Wildman–Crippen MR) is 109 cm³/mol. The number of hydrogen-bond donors (Lipinski definition) is 0. The zero-order chi connectivity index (χ0) is 19.2. The molecule has 4 nitrogen and oxygen atoms in total. The van der Waals surface area contributed by atoms with Gasteiger partial charge in [-0.05, 0) is 43.7 Å². The molecule has 0 fully saturated rings. The molecule has 144 valence electrons. The molecule has 1 aromatic carbocycles. The van der Waals surface area contributed by atoms with Crippen molar-refractivity contribution in [3.05, 3.63) is 72.8 Å². The molecule has 2 aromatic heterocycles. The molecule has 0 radical (unpaired) electrons. The molecule has 0 spiro atoms. The lowest BCUT2D eigenvalue weighted by atomic mass is 9.92. The molecule has 0 saturated carbocycles. The molecular weight excluding hydrogens is 332 g/mol. The molecule has 2 heterocycles. The fourth-order valence-corrected chi connectivity index (χ4v) is 3.74. The summed E-state index contributed by atoms with van der Waals surface area (Å²) in [6, 6.07) is 9.74. The summed E-state index contributed by atoms with van der Waals surface area (Å²) in [5.74, 6) is 0.551. The number of hydrogen-bond acceptors (Lipinski definition) is 0. The summed E-state index contributed by atoms with van der Waals surface area (Å²) in [5, 5.41) is 0. The molecule has 0 aliphatic rings. The highest BCUT2D eigenvalue weighted by atomic mass is 15.1. The molecular formula is C23H34N4+2. The second-order valence-electron chi connectivity index (χ2n) is 7.55. The Morgan fingerprint density at radius 3 is 2.26 bits per heavy atom. The van der Waals surface area contributed by atoms with Gasteiger partial charge in [-0.15, -0.1) is 0 Å². The Labute approximate surface area is 163 Å². The van der Waals surface area contributed by atoms with Gasteiger partial charge in [0.1, 0.15) is 37.4 Å². The van der Waals surface area contributed by atoms with E-state index >= 15 is 0 Å². The van der Waals surface area contributed by atoms with Crippen LogP contribution in [0.5, 0.6) is 0 Å². The first-order valence-corrected chi connectivity index (χ1v) is 10.3. The average molecular weight is 367 g/mol. The van der Waals surface area contributed by atoms with Gasteiger partial charge in [0, 0.05) is 0 Å². The lowest BCUT2D eigenvalue weighted by Crippen LogP contribution is -2.31. The average Bonchev–Trinajstić information content (AvgIpc) is 3.35. The smallest absolute Gasteiger partial charge is 0.237 e. The lowest BCUT2D eigenvalue weighted by Gasteiger charge is -2.18. The zero-order valence-corrected chi connectivity index (χ0v) is 17.3. The van der Waals surface area contributed by atoms with Gasteiger partial charge in [-0.25, -0.2) is 18.3 Å². The Morgan fingerprint density at radius 1 is 0.926 bits per heavy atom. The van der Waals surface area contributed by atoms with Crippen LogP contribution in [0, 0.1) is 0 Å². The third kappa shape index (κ3) is 4.88. The van der Waals surface area contributed by atoms with Gasteiger partial charge in [-0.1, -0.05) is 38.1 Å². The molecule has 0 aliphatic carbocycles. The summed E-state index contributed by atoms with van der Waals surface area (Å²) in [6.45, 7) is 12.0. The first-order valence-electron chi connectivity index (χ1n) is 10.3. The highest BCUT2D eigenvalue weighted by molar-refractivity contribution is 5.24.